The Morgan fingerprint density at radius 2 is 1.43 bits per heavy atom. The molecule has 0 saturated carbocycles. The Labute approximate surface area is 120 Å². The molecule has 0 unspecified atom stereocenters. The van der Waals surface area contributed by atoms with E-state index in [4.69, 9.17) is 0 Å². The lowest BCUT2D eigenvalue weighted by atomic mass is 10.3. The van der Waals surface area contributed by atoms with Crippen molar-refractivity contribution in [1.82, 2.24) is 0 Å². The van der Waals surface area contributed by atoms with Gasteiger partial charge in [-0.1, -0.05) is 0 Å². The third-order valence-electron chi connectivity index (χ3n) is 2.83. The van der Waals surface area contributed by atoms with Crippen molar-refractivity contribution in [3.8, 4) is 0 Å². The van der Waals surface area contributed by atoms with Gasteiger partial charge in [0.05, 0.1) is 10.6 Å². The Hall–Kier alpha value is -2.02. The van der Waals surface area contributed by atoms with Gasteiger partial charge in [-0.2, -0.15) is 0 Å². The van der Waals surface area contributed by atoms with Crippen molar-refractivity contribution < 1.29 is 21.6 Å². The number of rotatable bonds is 4. The van der Waals surface area contributed by atoms with Crippen molar-refractivity contribution in [2.45, 2.75) is 11.8 Å². The van der Waals surface area contributed by atoms with Gasteiger partial charge in [0.25, 0.3) is 10.0 Å². The highest BCUT2D eigenvalue weighted by atomic mass is 32.2. The molecule has 0 aromatic heterocycles. The first-order chi connectivity index (χ1) is 9.84. The zero-order chi connectivity index (χ0) is 15.6. The molecule has 2 aromatic rings. The Balaban J connectivity index is 2.51. The highest BCUT2D eigenvalue weighted by Gasteiger charge is 2.24. The Bertz CT molecular complexity index is 725. The summed E-state index contributed by atoms with van der Waals surface area (Å²) in [4.78, 5) is -0.494. The summed E-state index contributed by atoms with van der Waals surface area (Å²) in [6.45, 7) is 1.60. The van der Waals surface area contributed by atoms with Gasteiger partial charge in [-0.3, -0.25) is 4.31 Å². The van der Waals surface area contributed by atoms with Crippen LogP contribution in [-0.2, 0) is 10.0 Å². The Morgan fingerprint density at radius 1 is 0.905 bits per heavy atom. The zero-order valence-electron chi connectivity index (χ0n) is 11.1. The zero-order valence-corrected chi connectivity index (χ0v) is 11.9. The van der Waals surface area contributed by atoms with Gasteiger partial charge >= 0.3 is 0 Å². The fourth-order valence-electron chi connectivity index (χ4n) is 1.90. The number of benzene rings is 2. The molecule has 2 rings (SSSR count). The molecule has 112 valence electrons. The maximum Gasteiger partial charge on any atom is 0.264 e. The third kappa shape index (κ3) is 3.18. The molecule has 0 saturated heterocycles. The molecule has 0 bridgehead atoms. The topological polar surface area (TPSA) is 37.4 Å². The van der Waals surface area contributed by atoms with Gasteiger partial charge < -0.3 is 0 Å². The van der Waals surface area contributed by atoms with Crippen LogP contribution in [0.15, 0.2) is 47.4 Å². The lowest BCUT2D eigenvalue weighted by molar-refractivity contribution is 0.565. The molecule has 2 aromatic carbocycles. The Kier molecular flexibility index (Phi) is 4.22. The van der Waals surface area contributed by atoms with E-state index in [-0.39, 0.29) is 12.2 Å². The predicted octanol–water partition coefficient (Wildman–Crippen LogP) is 3.32. The first-order valence-electron chi connectivity index (χ1n) is 6.09. The quantitative estimate of drug-likeness (QED) is 0.868. The molecule has 0 fully saturated rings. The Morgan fingerprint density at radius 3 is 1.90 bits per heavy atom. The fourth-order valence-corrected chi connectivity index (χ4v) is 3.42. The molecule has 0 radical (unpaired) electrons. The molecule has 0 spiro atoms. The molecule has 0 N–H and O–H groups in total. The van der Waals surface area contributed by atoms with Gasteiger partial charge in [-0.15, -0.1) is 0 Å². The number of sulfonamides is 1. The average molecular weight is 315 g/mol. The lowest BCUT2D eigenvalue weighted by Gasteiger charge is -2.23. The van der Waals surface area contributed by atoms with Gasteiger partial charge in [-0.05, 0) is 43.3 Å². The van der Waals surface area contributed by atoms with Crippen LogP contribution in [0.3, 0.4) is 0 Å². The summed E-state index contributed by atoms with van der Waals surface area (Å²) in [5.41, 5.74) is 0.212. The summed E-state index contributed by atoms with van der Waals surface area (Å²) in [6, 6.07) is 6.86. The molecule has 0 aliphatic heterocycles. The highest BCUT2D eigenvalue weighted by Crippen LogP contribution is 2.24. The number of hydrogen-bond donors (Lipinski definition) is 0. The minimum Gasteiger partial charge on any atom is -0.267 e. The van der Waals surface area contributed by atoms with Crippen LogP contribution in [0, 0.1) is 17.5 Å². The summed E-state index contributed by atoms with van der Waals surface area (Å²) in [5.74, 6) is -2.48. The molecule has 21 heavy (non-hydrogen) atoms. The smallest absolute Gasteiger partial charge is 0.264 e. The monoisotopic (exact) mass is 315 g/mol. The minimum atomic E-state index is -4.13. The number of hydrogen-bond acceptors (Lipinski definition) is 2. The second-order valence-corrected chi connectivity index (χ2v) is 6.11. The standard InChI is InChI=1S/C14H12F3NO2S/c1-2-18(13-5-3-10(15)4-6-13)21(19,20)14-8-11(16)7-12(17)9-14/h3-9H,2H2,1H3. The number of halogens is 3. The van der Waals surface area contributed by atoms with Gasteiger partial charge in [0.15, 0.2) is 0 Å². The second-order valence-electron chi connectivity index (χ2n) is 4.25. The van der Waals surface area contributed by atoms with E-state index >= 15 is 0 Å². The van der Waals surface area contributed by atoms with E-state index in [2.05, 4.69) is 0 Å². The maximum atomic E-state index is 13.2. The van der Waals surface area contributed by atoms with E-state index in [1.54, 1.807) is 6.92 Å². The summed E-state index contributed by atoms with van der Waals surface area (Å²) in [7, 11) is -4.13. The van der Waals surface area contributed by atoms with Crippen molar-refractivity contribution in [2.75, 3.05) is 10.8 Å². The van der Waals surface area contributed by atoms with E-state index in [0.29, 0.717) is 6.07 Å². The third-order valence-corrected chi connectivity index (χ3v) is 4.71. The van der Waals surface area contributed by atoms with Crippen molar-refractivity contribution in [3.63, 3.8) is 0 Å². The van der Waals surface area contributed by atoms with Crippen LogP contribution >= 0.6 is 0 Å². The molecule has 7 heteroatoms. The SMILES string of the molecule is CCN(c1ccc(F)cc1)S(=O)(=O)c1cc(F)cc(F)c1. The van der Waals surface area contributed by atoms with Gasteiger partial charge in [0, 0.05) is 12.6 Å². The summed E-state index contributed by atoms with van der Waals surface area (Å²) in [5, 5.41) is 0. The van der Waals surface area contributed by atoms with E-state index in [0.717, 1.165) is 28.6 Å². The number of anilines is 1. The van der Waals surface area contributed by atoms with Crippen LogP contribution in [0.25, 0.3) is 0 Å². The molecular formula is C14H12F3NO2S. The first kappa shape index (κ1) is 15.4. The van der Waals surface area contributed by atoms with Crippen molar-refractivity contribution >= 4 is 15.7 Å². The van der Waals surface area contributed by atoms with Crippen LogP contribution in [0.4, 0.5) is 18.9 Å². The van der Waals surface area contributed by atoms with Crippen LogP contribution in [0.1, 0.15) is 6.92 Å². The van der Waals surface area contributed by atoms with Crippen LogP contribution < -0.4 is 4.31 Å². The molecule has 0 atom stereocenters. The fraction of sp³-hybridized carbons (Fsp3) is 0.143. The summed E-state index contributed by atoms with van der Waals surface area (Å²) >= 11 is 0. The highest BCUT2D eigenvalue weighted by molar-refractivity contribution is 7.92. The van der Waals surface area contributed by atoms with E-state index in [9.17, 15) is 21.6 Å². The average Bonchev–Trinajstić information content (AvgIpc) is 2.40. The molecule has 0 heterocycles. The van der Waals surface area contributed by atoms with Crippen molar-refractivity contribution in [1.29, 1.82) is 0 Å². The summed E-state index contributed by atoms with van der Waals surface area (Å²) < 4.78 is 65.2. The molecule has 0 aliphatic rings. The molecule has 3 nitrogen and oxygen atoms in total. The normalized spacial score (nSPS) is 11.4. The van der Waals surface area contributed by atoms with Crippen LogP contribution in [-0.4, -0.2) is 15.0 Å². The molecule has 0 amide bonds. The van der Waals surface area contributed by atoms with Crippen molar-refractivity contribution in [3.05, 3.63) is 59.9 Å². The predicted molar refractivity (Wildman–Crippen MR) is 73.0 cm³/mol. The van der Waals surface area contributed by atoms with Crippen LogP contribution in [0.5, 0.6) is 0 Å². The van der Waals surface area contributed by atoms with Crippen molar-refractivity contribution in [2.24, 2.45) is 0 Å². The first-order valence-corrected chi connectivity index (χ1v) is 7.53. The maximum absolute atomic E-state index is 13.2. The van der Waals surface area contributed by atoms with Gasteiger partial charge in [0.2, 0.25) is 0 Å². The van der Waals surface area contributed by atoms with Gasteiger partial charge in [0.1, 0.15) is 17.5 Å². The second kappa shape index (κ2) is 5.77. The molecule has 0 aliphatic carbocycles. The number of nitrogens with zero attached hydrogens (tertiary/aromatic N) is 1. The molecular weight excluding hydrogens is 303 g/mol. The van der Waals surface area contributed by atoms with Gasteiger partial charge in [-0.25, -0.2) is 21.6 Å². The lowest BCUT2D eigenvalue weighted by Crippen LogP contribution is -2.30. The summed E-state index contributed by atoms with van der Waals surface area (Å²) in [6.07, 6.45) is 0. The van der Waals surface area contributed by atoms with E-state index in [1.807, 2.05) is 0 Å². The van der Waals surface area contributed by atoms with Crippen LogP contribution in [0.2, 0.25) is 0 Å². The largest absolute Gasteiger partial charge is 0.267 e. The van der Waals surface area contributed by atoms with E-state index < -0.39 is 32.4 Å². The minimum absolute atomic E-state index is 0.0338. The van der Waals surface area contributed by atoms with E-state index in [1.165, 1.54) is 12.1 Å².